The van der Waals surface area contributed by atoms with Crippen LogP contribution in [0.15, 0.2) is 102 Å². The number of sulfonamides is 1. The van der Waals surface area contributed by atoms with Crippen LogP contribution in [0.25, 0.3) is 10.8 Å². The molecular weight excluding hydrogens is 536 g/mol. The maximum Gasteiger partial charge on any atom is 0.242 e. The molecule has 0 amide bonds. The second-order valence-corrected chi connectivity index (χ2v) is 14.7. The maximum atomic E-state index is 13.9. The molecule has 4 aromatic carbocycles. The van der Waals surface area contributed by atoms with Gasteiger partial charge in [-0.25, -0.2) is 12.7 Å². The molecule has 0 aromatic heterocycles. The molecule has 0 N–H and O–H groups in total. The Morgan fingerprint density at radius 3 is 2.38 bits per heavy atom. The molecule has 0 bridgehead atoms. The number of aryl methyl sites for hydroxylation is 2. The zero-order valence-electron chi connectivity index (χ0n) is 24.9. The summed E-state index contributed by atoms with van der Waals surface area (Å²) >= 11 is 0. The average molecular weight is 581 g/mol. The number of hydrogen-bond donors (Lipinski definition) is 0. The van der Waals surface area contributed by atoms with Crippen molar-refractivity contribution in [2.45, 2.75) is 61.7 Å². The van der Waals surface area contributed by atoms with E-state index < -0.39 is 10.0 Å². The molecular formula is C37H44N2O2S. The van der Waals surface area contributed by atoms with E-state index in [2.05, 4.69) is 59.5 Å². The van der Waals surface area contributed by atoms with Gasteiger partial charge in [-0.15, -0.1) is 0 Å². The van der Waals surface area contributed by atoms with E-state index in [4.69, 9.17) is 0 Å². The summed E-state index contributed by atoms with van der Waals surface area (Å²) in [5, 5.41) is 2.01. The van der Waals surface area contributed by atoms with Crippen LogP contribution >= 0.6 is 0 Å². The van der Waals surface area contributed by atoms with Crippen LogP contribution in [0.4, 0.5) is 0 Å². The fourth-order valence-corrected chi connectivity index (χ4v) is 8.69. The monoisotopic (exact) mass is 580 g/mol. The van der Waals surface area contributed by atoms with Crippen molar-refractivity contribution >= 4 is 20.8 Å². The topological polar surface area (TPSA) is 40.6 Å². The molecule has 6 rings (SSSR count). The summed E-state index contributed by atoms with van der Waals surface area (Å²) in [6.45, 7) is 3.84. The van der Waals surface area contributed by atoms with Gasteiger partial charge < -0.3 is 4.90 Å². The highest BCUT2D eigenvalue weighted by Gasteiger charge is 2.41. The molecule has 42 heavy (non-hydrogen) atoms. The van der Waals surface area contributed by atoms with Gasteiger partial charge in [-0.05, 0) is 110 Å². The first-order valence-electron chi connectivity index (χ1n) is 15.7. The summed E-state index contributed by atoms with van der Waals surface area (Å²) in [6.07, 6.45) is 9.32. The van der Waals surface area contributed by atoms with Crippen molar-refractivity contribution in [2.75, 3.05) is 33.2 Å². The summed E-state index contributed by atoms with van der Waals surface area (Å²) in [7, 11) is -1.85. The van der Waals surface area contributed by atoms with E-state index in [9.17, 15) is 8.42 Å². The molecule has 220 valence electrons. The smallest absolute Gasteiger partial charge is 0.242 e. The largest absolute Gasteiger partial charge is 0.303 e. The SMILES string of the molecule is CN(CC1(CCN2CCC(CCCc3ccccc3)CC2)CCc2ccccc21)S(=O)(=O)c1ccc2ccccc2c1. The summed E-state index contributed by atoms with van der Waals surface area (Å²) in [5.74, 6) is 0.823. The van der Waals surface area contributed by atoms with Crippen molar-refractivity contribution in [3.05, 3.63) is 114 Å². The van der Waals surface area contributed by atoms with Gasteiger partial charge in [0, 0.05) is 19.0 Å². The minimum atomic E-state index is -3.62. The Morgan fingerprint density at radius 2 is 1.57 bits per heavy atom. The van der Waals surface area contributed by atoms with Crippen LogP contribution in [0.3, 0.4) is 0 Å². The van der Waals surface area contributed by atoms with Gasteiger partial charge in [0.2, 0.25) is 10.0 Å². The third-order valence-electron chi connectivity index (χ3n) is 9.95. The van der Waals surface area contributed by atoms with Gasteiger partial charge in [0.25, 0.3) is 0 Å². The molecule has 0 radical (unpaired) electrons. The average Bonchev–Trinajstić information content (AvgIpc) is 3.39. The van der Waals surface area contributed by atoms with Gasteiger partial charge in [-0.1, -0.05) is 91.3 Å². The van der Waals surface area contributed by atoms with E-state index in [-0.39, 0.29) is 5.41 Å². The maximum absolute atomic E-state index is 13.9. The van der Waals surface area contributed by atoms with Gasteiger partial charge in [0.1, 0.15) is 0 Å². The summed E-state index contributed by atoms with van der Waals surface area (Å²) in [5.41, 5.74) is 4.01. The highest BCUT2D eigenvalue weighted by Crippen LogP contribution is 2.43. The number of piperidine rings is 1. The molecule has 0 spiro atoms. The fourth-order valence-electron chi connectivity index (χ4n) is 7.40. The molecule has 2 aliphatic rings. The lowest BCUT2D eigenvalue weighted by Gasteiger charge is -2.38. The molecule has 4 aromatic rings. The summed E-state index contributed by atoms with van der Waals surface area (Å²) < 4.78 is 29.3. The molecule has 5 heteroatoms. The van der Waals surface area contributed by atoms with Crippen LogP contribution in [-0.4, -0.2) is 50.8 Å². The Morgan fingerprint density at radius 1 is 0.857 bits per heavy atom. The zero-order valence-corrected chi connectivity index (χ0v) is 25.7. The van der Waals surface area contributed by atoms with E-state index in [1.165, 1.54) is 48.8 Å². The second-order valence-electron chi connectivity index (χ2n) is 12.6. The van der Waals surface area contributed by atoms with Crippen molar-refractivity contribution in [3.8, 4) is 0 Å². The first-order chi connectivity index (χ1) is 20.4. The Bertz CT molecular complexity index is 1590. The lowest BCUT2D eigenvalue weighted by atomic mass is 9.78. The minimum absolute atomic E-state index is 0.165. The molecule has 1 atom stereocenters. The number of likely N-dealkylation sites (tertiary alicyclic amines) is 1. The van der Waals surface area contributed by atoms with E-state index in [0.29, 0.717) is 11.4 Å². The van der Waals surface area contributed by atoms with Gasteiger partial charge in [-0.2, -0.15) is 0 Å². The van der Waals surface area contributed by atoms with Crippen LogP contribution in [-0.2, 0) is 28.3 Å². The summed E-state index contributed by atoms with van der Waals surface area (Å²) in [4.78, 5) is 3.01. The van der Waals surface area contributed by atoms with Gasteiger partial charge in [0.15, 0.2) is 0 Å². The Balaban J connectivity index is 1.11. The third-order valence-corrected chi connectivity index (χ3v) is 11.7. The quantitative estimate of drug-likeness (QED) is 0.185. The number of hydrogen-bond acceptors (Lipinski definition) is 3. The third kappa shape index (κ3) is 6.34. The molecule has 1 unspecified atom stereocenters. The van der Waals surface area contributed by atoms with Crippen molar-refractivity contribution < 1.29 is 8.42 Å². The first kappa shape index (κ1) is 29.1. The number of fused-ring (bicyclic) bond motifs is 2. The van der Waals surface area contributed by atoms with Crippen LogP contribution in [0, 0.1) is 5.92 Å². The van der Waals surface area contributed by atoms with E-state index >= 15 is 0 Å². The molecule has 1 aliphatic heterocycles. The molecule has 0 saturated carbocycles. The second kappa shape index (κ2) is 12.7. The molecule has 1 fully saturated rings. The minimum Gasteiger partial charge on any atom is -0.303 e. The van der Waals surface area contributed by atoms with Crippen molar-refractivity contribution in [3.63, 3.8) is 0 Å². The molecule has 1 aliphatic carbocycles. The van der Waals surface area contributed by atoms with Crippen LogP contribution < -0.4 is 0 Å². The first-order valence-corrected chi connectivity index (χ1v) is 17.2. The van der Waals surface area contributed by atoms with Gasteiger partial charge in [0.05, 0.1) is 4.90 Å². The standard InChI is InChI=1S/C37H44N2O2S/c1-38(42(40,41)35-19-18-32-14-5-6-16-34(32)28-35)29-37(23-20-33-15-7-8-17-36(33)37)24-27-39-25-21-31(22-26-39)13-9-12-30-10-3-2-4-11-30/h2-8,10-11,14-19,28,31H,9,12-13,20-27,29H2,1H3. The Labute approximate surface area is 252 Å². The van der Waals surface area contributed by atoms with E-state index in [1.54, 1.807) is 17.4 Å². The number of likely N-dealkylation sites (N-methyl/N-ethyl adjacent to an activating group) is 1. The van der Waals surface area contributed by atoms with Crippen molar-refractivity contribution in [1.82, 2.24) is 9.21 Å². The lowest BCUT2D eigenvalue weighted by Crippen LogP contribution is -2.44. The van der Waals surface area contributed by atoms with E-state index in [0.717, 1.165) is 55.6 Å². The predicted molar refractivity (Wildman–Crippen MR) is 173 cm³/mol. The number of rotatable bonds is 11. The zero-order chi connectivity index (χ0) is 29.0. The summed E-state index contributed by atoms with van der Waals surface area (Å²) in [6, 6.07) is 33.0. The Kier molecular flexibility index (Phi) is 8.80. The van der Waals surface area contributed by atoms with Gasteiger partial charge >= 0.3 is 0 Å². The predicted octanol–water partition coefficient (Wildman–Crippen LogP) is 7.47. The van der Waals surface area contributed by atoms with Crippen LogP contribution in [0.1, 0.15) is 55.2 Å². The highest BCUT2D eigenvalue weighted by molar-refractivity contribution is 7.89. The molecule has 1 heterocycles. The Hall–Kier alpha value is -2.99. The lowest BCUT2D eigenvalue weighted by molar-refractivity contribution is 0.158. The van der Waals surface area contributed by atoms with Crippen molar-refractivity contribution in [1.29, 1.82) is 0 Å². The fraction of sp³-hybridized carbons (Fsp3) is 0.405. The van der Waals surface area contributed by atoms with Crippen LogP contribution in [0.5, 0.6) is 0 Å². The van der Waals surface area contributed by atoms with Crippen molar-refractivity contribution in [2.24, 2.45) is 5.92 Å². The number of benzene rings is 4. The van der Waals surface area contributed by atoms with E-state index in [1.807, 2.05) is 36.4 Å². The molecule has 1 saturated heterocycles. The van der Waals surface area contributed by atoms with Gasteiger partial charge in [-0.3, -0.25) is 0 Å². The number of nitrogens with zero attached hydrogens (tertiary/aromatic N) is 2. The van der Waals surface area contributed by atoms with Crippen LogP contribution in [0.2, 0.25) is 0 Å². The molecule has 4 nitrogen and oxygen atoms in total. The highest BCUT2D eigenvalue weighted by atomic mass is 32.2. The normalized spacial score (nSPS) is 19.9.